The van der Waals surface area contributed by atoms with E-state index in [1.807, 2.05) is 40.9 Å². The second-order valence-corrected chi connectivity index (χ2v) is 8.78. The van der Waals surface area contributed by atoms with Crippen molar-refractivity contribution in [2.45, 2.75) is 38.0 Å². The van der Waals surface area contributed by atoms with Crippen molar-refractivity contribution in [1.82, 2.24) is 14.4 Å². The fourth-order valence-corrected chi connectivity index (χ4v) is 4.29. The highest BCUT2D eigenvalue weighted by molar-refractivity contribution is 5.95. The molecule has 5 rings (SSSR count). The van der Waals surface area contributed by atoms with E-state index in [4.69, 9.17) is 14.5 Å². The lowest BCUT2D eigenvalue weighted by Gasteiger charge is -2.19. The van der Waals surface area contributed by atoms with Crippen molar-refractivity contribution in [3.63, 3.8) is 0 Å². The molecule has 1 aromatic carbocycles. The Labute approximate surface area is 205 Å². The highest BCUT2D eigenvalue weighted by Crippen LogP contribution is 2.31. The molecule has 0 atom stereocenters. The first-order valence-corrected chi connectivity index (χ1v) is 11.7. The Kier molecular flexibility index (Phi) is 6.73. The molecular weight excluding hydrogens is 471 g/mol. The molecule has 4 aromatic rings. The van der Waals surface area contributed by atoms with Crippen molar-refractivity contribution in [3.05, 3.63) is 95.2 Å². The minimum absolute atomic E-state index is 0.128. The highest BCUT2D eigenvalue weighted by Gasteiger charge is 2.33. The van der Waals surface area contributed by atoms with Gasteiger partial charge in [0.05, 0.1) is 5.69 Å². The molecule has 6 nitrogen and oxygen atoms in total. The van der Waals surface area contributed by atoms with E-state index in [9.17, 15) is 18.0 Å². The molecule has 186 valence electrons. The molecule has 0 N–H and O–H groups in total. The summed E-state index contributed by atoms with van der Waals surface area (Å²) in [5, 5.41) is 0. The Morgan fingerprint density at radius 2 is 1.78 bits per heavy atom. The van der Waals surface area contributed by atoms with Gasteiger partial charge in [-0.15, -0.1) is 0 Å². The van der Waals surface area contributed by atoms with Crippen LogP contribution in [-0.4, -0.2) is 33.4 Å². The molecule has 36 heavy (non-hydrogen) atoms. The zero-order valence-corrected chi connectivity index (χ0v) is 19.4. The maximum absolute atomic E-state index is 13.1. The number of halogens is 3. The zero-order valence-electron chi connectivity index (χ0n) is 19.4. The zero-order chi connectivity index (χ0) is 25.1. The molecule has 1 aliphatic rings. The number of ketones is 1. The van der Waals surface area contributed by atoms with E-state index < -0.39 is 17.7 Å². The SMILES string of the molecule is O=C(Cc1cc(OCc2ccccc2)c2nc(C3CCOCC3)cn2c1)c1cccc(C(F)(F)F)n1. The molecule has 1 aliphatic heterocycles. The molecule has 1 fully saturated rings. The second kappa shape index (κ2) is 10.1. The summed E-state index contributed by atoms with van der Waals surface area (Å²) in [6.07, 6.45) is 0.693. The number of alkyl halides is 3. The van der Waals surface area contributed by atoms with Crippen molar-refractivity contribution in [2.24, 2.45) is 0 Å². The number of carbonyl (C=O) groups excluding carboxylic acids is 1. The quantitative estimate of drug-likeness (QED) is 0.310. The van der Waals surface area contributed by atoms with Gasteiger partial charge in [0.1, 0.15) is 18.0 Å². The third-order valence-electron chi connectivity index (χ3n) is 6.16. The number of rotatable bonds is 7. The van der Waals surface area contributed by atoms with E-state index in [0.717, 1.165) is 30.2 Å². The summed E-state index contributed by atoms with van der Waals surface area (Å²) in [6, 6.07) is 14.7. The minimum Gasteiger partial charge on any atom is -0.485 e. The summed E-state index contributed by atoms with van der Waals surface area (Å²) in [4.78, 5) is 21.2. The van der Waals surface area contributed by atoms with Gasteiger partial charge < -0.3 is 13.9 Å². The number of nitrogens with zero attached hydrogens (tertiary/aromatic N) is 3. The van der Waals surface area contributed by atoms with Gasteiger partial charge in [-0.25, -0.2) is 9.97 Å². The van der Waals surface area contributed by atoms with Crippen molar-refractivity contribution >= 4 is 11.4 Å². The number of aromatic nitrogens is 3. The summed E-state index contributed by atoms with van der Waals surface area (Å²) >= 11 is 0. The Morgan fingerprint density at radius 1 is 1.00 bits per heavy atom. The molecule has 0 aliphatic carbocycles. The van der Waals surface area contributed by atoms with Crippen LogP contribution in [0.1, 0.15) is 51.8 Å². The molecule has 1 saturated heterocycles. The summed E-state index contributed by atoms with van der Waals surface area (Å²) in [5.41, 5.74) is 1.79. The van der Waals surface area contributed by atoms with Crippen LogP contribution in [0.3, 0.4) is 0 Å². The van der Waals surface area contributed by atoms with E-state index in [1.54, 1.807) is 12.3 Å². The highest BCUT2D eigenvalue weighted by atomic mass is 19.4. The van der Waals surface area contributed by atoms with Crippen LogP contribution in [0.5, 0.6) is 5.75 Å². The predicted octanol–water partition coefficient (Wildman–Crippen LogP) is 5.65. The minimum atomic E-state index is -4.62. The Balaban J connectivity index is 1.46. The van der Waals surface area contributed by atoms with Gasteiger partial charge in [-0.2, -0.15) is 13.2 Å². The molecule has 0 amide bonds. The number of ether oxygens (including phenoxy) is 2. The summed E-state index contributed by atoms with van der Waals surface area (Å²) < 4.78 is 52.6. The lowest BCUT2D eigenvalue weighted by Crippen LogP contribution is -2.14. The van der Waals surface area contributed by atoms with Crippen LogP contribution in [0, 0.1) is 0 Å². The third-order valence-corrected chi connectivity index (χ3v) is 6.16. The number of hydrogen-bond donors (Lipinski definition) is 0. The molecule has 0 bridgehead atoms. The number of fused-ring (bicyclic) bond motifs is 1. The summed E-state index contributed by atoms with van der Waals surface area (Å²) in [7, 11) is 0. The number of benzene rings is 1. The van der Waals surface area contributed by atoms with E-state index >= 15 is 0 Å². The number of pyridine rings is 2. The van der Waals surface area contributed by atoms with Crippen LogP contribution in [-0.2, 0) is 23.9 Å². The second-order valence-electron chi connectivity index (χ2n) is 8.78. The van der Waals surface area contributed by atoms with Gasteiger partial charge >= 0.3 is 6.18 Å². The Morgan fingerprint density at radius 3 is 2.53 bits per heavy atom. The normalized spacial score (nSPS) is 14.8. The molecule has 0 spiro atoms. The van der Waals surface area contributed by atoms with E-state index in [-0.39, 0.29) is 18.0 Å². The van der Waals surface area contributed by atoms with E-state index in [0.29, 0.717) is 36.8 Å². The summed E-state index contributed by atoms with van der Waals surface area (Å²) in [5.74, 6) is 0.249. The average molecular weight is 496 g/mol. The smallest absolute Gasteiger partial charge is 0.433 e. The number of carbonyl (C=O) groups is 1. The first kappa shape index (κ1) is 24.0. The first-order valence-electron chi connectivity index (χ1n) is 11.7. The van der Waals surface area contributed by atoms with Crippen LogP contribution in [0.4, 0.5) is 13.2 Å². The van der Waals surface area contributed by atoms with E-state index in [2.05, 4.69) is 4.98 Å². The molecule has 0 unspecified atom stereocenters. The van der Waals surface area contributed by atoms with Crippen LogP contribution < -0.4 is 4.74 Å². The van der Waals surface area contributed by atoms with E-state index in [1.165, 1.54) is 12.1 Å². The fraction of sp³-hybridized carbons (Fsp3) is 0.296. The van der Waals surface area contributed by atoms with Gasteiger partial charge in [-0.3, -0.25) is 4.79 Å². The van der Waals surface area contributed by atoms with Crippen molar-refractivity contribution in [1.29, 1.82) is 0 Å². The van der Waals surface area contributed by atoms with Crippen molar-refractivity contribution in [2.75, 3.05) is 13.2 Å². The topological polar surface area (TPSA) is 65.7 Å². The summed E-state index contributed by atoms with van der Waals surface area (Å²) in [6.45, 7) is 1.67. The van der Waals surface area contributed by atoms with Crippen molar-refractivity contribution < 1.29 is 27.4 Å². The van der Waals surface area contributed by atoms with Gasteiger partial charge in [0.15, 0.2) is 17.2 Å². The lowest BCUT2D eigenvalue weighted by atomic mass is 9.97. The van der Waals surface area contributed by atoms with Crippen LogP contribution in [0.25, 0.3) is 5.65 Å². The van der Waals surface area contributed by atoms with Crippen LogP contribution in [0.15, 0.2) is 67.0 Å². The Hall–Kier alpha value is -3.72. The van der Waals surface area contributed by atoms with Gasteiger partial charge in [0.25, 0.3) is 0 Å². The van der Waals surface area contributed by atoms with Crippen LogP contribution >= 0.6 is 0 Å². The largest absolute Gasteiger partial charge is 0.485 e. The monoisotopic (exact) mass is 495 g/mol. The molecule has 9 heteroatoms. The van der Waals surface area contributed by atoms with Crippen molar-refractivity contribution in [3.8, 4) is 5.75 Å². The average Bonchev–Trinajstić information content (AvgIpc) is 3.32. The predicted molar refractivity (Wildman–Crippen MR) is 126 cm³/mol. The molecular formula is C27H24F3N3O3. The third kappa shape index (κ3) is 5.41. The van der Waals surface area contributed by atoms with Gasteiger partial charge in [-0.1, -0.05) is 36.4 Å². The fourth-order valence-electron chi connectivity index (χ4n) is 4.29. The van der Waals surface area contributed by atoms with Gasteiger partial charge in [-0.05, 0) is 42.2 Å². The maximum Gasteiger partial charge on any atom is 0.433 e. The molecule has 3 aromatic heterocycles. The standard InChI is InChI=1S/C27H24F3N3O3/c28-27(29,30)25-8-4-7-21(31-25)23(34)13-19-14-24(36-17-18-5-2-1-3-6-18)26-32-22(16-33(26)15-19)20-9-11-35-12-10-20/h1-8,14-16,20H,9-13,17H2. The molecule has 4 heterocycles. The van der Waals surface area contributed by atoms with Gasteiger partial charge in [0.2, 0.25) is 0 Å². The number of imidazole rings is 1. The van der Waals surface area contributed by atoms with Crippen LogP contribution in [0.2, 0.25) is 0 Å². The molecule has 0 saturated carbocycles. The maximum atomic E-state index is 13.1. The number of hydrogen-bond acceptors (Lipinski definition) is 5. The van der Waals surface area contributed by atoms with Gasteiger partial charge in [0, 0.05) is 37.9 Å². The first-order chi connectivity index (χ1) is 17.4. The lowest BCUT2D eigenvalue weighted by molar-refractivity contribution is -0.141. The molecule has 0 radical (unpaired) electrons. The number of Topliss-reactive ketones (excluding diaryl/α,β-unsaturated/α-hetero) is 1. The Bertz CT molecular complexity index is 1360.